The maximum absolute atomic E-state index is 5.73. The van der Waals surface area contributed by atoms with Crippen LogP contribution >= 0.6 is 0 Å². The summed E-state index contributed by atoms with van der Waals surface area (Å²) in [7, 11) is 0. The monoisotopic (exact) mass is 963 g/mol. The number of nitrogens with one attached hydrogen (secondary N) is 2. The highest BCUT2D eigenvalue weighted by Gasteiger charge is 2.35. The van der Waals surface area contributed by atoms with Crippen molar-refractivity contribution < 1.29 is 0 Å². The summed E-state index contributed by atoms with van der Waals surface area (Å²) in [6.07, 6.45) is 0. The number of rotatable bonds is 0. The van der Waals surface area contributed by atoms with Gasteiger partial charge in [0.25, 0.3) is 0 Å². The van der Waals surface area contributed by atoms with E-state index in [9.17, 15) is 0 Å². The molecule has 0 amide bonds. The summed E-state index contributed by atoms with van der Waals surface area (Å²) in [5.41, 5.74) is 14.9. The Hall–Kier alpha value is -5.76. The van der Waals surface area contributed by atoms with Gasteiger partial charge in [0, 0.05) is 43.8 Å². The number of nitrogens with zero attached hydrogens (tertiary/aromatic N) is 6. The lowest BCUT2D eigenvalue weighted by Crippen LogP contribution is -2.18. The van der Waals surface area contributed by atoms with Crippen LogP contribution in [0.15, 0.2) is 48.5 Å². The van der Waals surface area contributed by atoms with Gasteiger partial charge in [-0.05, 0) is 112 Å². The third kappa shape index (κ3) is 8.86. The van der Waals surface area contributed by atoms with E-state index in [1.165, 1.54) is 44.5 Å². The summed E-state index contributed by atoms with van der Waals surface area (Å²) in [5.74, 6) is 2.50. The van der Waals surface area contributed by atoms with Gasteiger partial charge in [0.05, 0.1) is 0 Å². The van der Waals surface area contributed by atoms with Crippen molar-refractivity contribution in [3.63, 3.8) is 0 Å². The smallest absolute Gasteiger partial charge is 0.165 e. The maximum atomic E-state index is 5.73. The summed E-state index contributed by atoms with van der Waals surface area (Å²) in [5, 5.41) is 4.08. The van der Waals surface area contributed by atoms with Crippen LogP contribution in [0, 0.1) is 0 Å². The number of H-pyrrole nitrogens is 2. The molecule has 2 N–H and O–H groups in total. The number of hydrogen-bond acceptors (Lipinski definition) is 6. The number of fused-ring (bicyclic) bond motifs is 20. The van der Waals surface area contributed by atoms with Crippen LogP contribution in [0.3, 0.4) is 0 Å². The summed E-state index contributed by atoms with van der Waals surface area (Å²) in [6, 6.07) is 18.8. The van der Waals surface area contributed by atoms with Crippen molar-refractivity contribution in [2.75, 3.05) is 0 Å². The first-order valence-electron chi connectivity index (χ1n) is 26.3. The summed E-state index contributed by atoms with van der Waals surface area (Å²) in [6.45, 7) is 54.9. The second-order valence-corrected chi connectivity index (χ2v) is 29.4. The van der Waals surface area contributed by atoms with E-state index in [-0.39, 0.29) is 43.3 Å². The highest BCUT2D eigenvalue weighted by molar-refractivity contribution is 6.09. The molecule has 4 aromatic carbocycles. The SMILES string of the molecule is CC(C)(C)c1cc2c(c(C(C)(C)C)c1)-c1nc-2nc2[nH]c(nc3nc(nc4[nH]c(n1)c1c(C(C)(C)C)cc(C(C)(C)C)cc41)-c1cc(C(C)(C)C)cc(C(C)(C)C)c1-3)c1c(C(C)(C)C)cc(C(C)(C)C)cc21. The predicted molar refractivity (Wildman–Crippen MR) is 306 cm³/mol. The van der Waals surface area contributed by atoms with Crippen molar-refractivity contribution in [2.45, 2.75) is 209 Å². The summed E-state index contributed by atoms with van der Waals surface area (Å²) < 4.78 is 0. The Morgan fingerprint density at radius 1 is 0.264 bits per heavy atom. The molecule has 7 aromatic rings. The number of aromatic nitrogens is 8. The molecule has 5 heterocycles. The van der Waals surface area contributed by atoms with Crippen molar-refractivity contribution in [1.29, 1.82) is 0 Å². The predicted octanol–water partition coefficient (Wildman–Crippen LogP) is 17.2. The normalized spacial score (nSPS) is 14.1. The molecule has 0 radical (unpaired) electrons. The molecule has 0 saturated heterocycles. The Labute approximate surface area is 430 Å². The van der Waals surface area contributed by atoms with Crippen molar-refractivity contribution in [1.82, 2.24) is 39.9 Å². The van der Waals surface area contributed by atoms with Gasteiger partial charge >= 0.3 is 0 Å². The highest BCUT2D eigenvalue weighted by Crippen LogP contribution is 2.48. The second kappa shape index (κ2) is 15.9. The number of benzene rings is 4. The summed E-state index contributed by atoms with van der Waals surface area (Å²) >= 11 is 0. The molecule has 9 rings (SSSR count). The molecular weight excluding hydrogens is 881 g/mol. The second-order valence-electron chi connectivity index (χ2n) is 29.4. The van der Waals surface area contributed by atoms with Crippen LogP contribution in [0.4, 0.5) is 0 Å². The molecule has 8 bridgehead atoms. The fourth-order valence-corrected chi connectivity index (χ4v) is 10.4. The Bertz CT molecular complexity index is 3340. The van der Waals surface area contributed by atoms with E-state index in [1.54, 1.807) is 0 Å². The van der Waals surface area contributed by atoms with E-state index in [2.05, 4.69) is 225 Å². The molecule has 72 heavy (non-hydrogen) atoms. The van der Waals surface area contributed by atoms with Crippen LogP contribution in [-0.4, -0.2) is 39.9 Å². The molecule has 0 aliphatic carbocycles. The first-order valence-corrected chi connectivity index (χ1v) is 26.3. The third-order valence-electron chi connectivity index (χ3n) is 14.9. The van der Waals surface area contributed by atoms with E-state index in [4.69, 9.17) is 29.9 Å². The Balaban J connectivity index is 1.62. The van der Waals surface area contributed by atoms with Gasteiger partial charge in [-0.25, -0.2) is 29.9 Å². The first kappa shape index (κ1) is 51.2. The zero-order valence-electron chi connectivity index (χ0n) is 48.3. The highest BCUT2D eigenvalue weighted by atomic mass is 15.1. The topological polar surface area (TPSA) is 109 Å². The van der Waals surface area contributed by atoms with E-state index >= 15 is 0 Å². The molecule has 0 unspecified atom stereocenters. The first-order chi connectivity index (χ1) is 32.7. The fourth-order valence-electron chi connectivity index (χ4n) is 10.4. The molecule has 378 valence electrons. The average molecular weight is 963 g/mol. The van der Waals surface area contributed by atoms with Gasteiger partial charge in [-0.1, -0.05) is 190 Å². The molecule has 0 spiro atoms. The molecule has 3 aromatic heterocycles. The maximum Gasteiger partial charge on any atom is 0.165 e. The zero-order valence-corrected chi connectivity index (χ0v) is 48.3. The zero-order chi connectivity index (χ0) is 53.2. The summed E-state index contributed by atoms with van der Waals surface area (Å²) in [4.78, 5) is 41.7. The van der Waals surface area contributed by atoms with Gasteiger partial charge in [0.1, 0.15) is 22.6 Å². The van der Waals surface area contributed by atoms with Crippen molar-refractivity contribution in [3.8, 4) is 45.6 Å². The van der Waals surface area contributed by atoms with Gasteiger partial charge in [0.15, 0.2) is 23.3 Å². The lowest BCUT2D eigenvalue weighted by Gasteiger charge is -2.27. The van der Waals surface area contributed by atoms with Crippen LogP contribution in [0.2, 0.25) is 0 Å². The Morgan fingerprint density at radius 2 is 0.528 bits per heavy atom. The van der Waals surface area contributed by atoms with Crippen molar-refractivity contribution in [3.05, 3.63) is 93.0 Å². The molecule has 2 aliphatic rings. The molecule has 0 fully saturated rings. The van der Waals surface area contributed by atoms with Crippen LogP contribution < -0.4 is 0 Å². The van der Waals surface area contributed by atoms with Gasteiger partial charge in [-0.15, -0.1) is 0 Å². The van der Waals surface area contributed by atoms with Crippen LogP contribution in [0.1, 0.15) is 211 Å². The molecular formula is C64H82N8. The fraction of sp³-hybridized carbons (Fsp3) is 0.500. The van der Waals surface area contributed by atoms with E-state index in [0.717, 1.165) is 55.1 Å². The minimum atomic E-state index is -0.249. The van der Waals surface area contributed by atoms with Gasteiger partial charge in [-0.3, -0.25) is 0 Å². The van der Waals surface area contributed by atoms with E-state index in [0.29, 0.717) is 34.6 Å². The number of hydrogen-bond donors (Lipinski definition) is 2. The average Bonchev–Trinajstić information content (AvgIpc) is 3.95. The van der Waals surface area contributed by atoms with Crippen LogP contribution in [-0.2, 0) is 43.3 Å². The quantitative estimate of drug-likeness (QED) is 0.157. The van der Waals surface area contributed by atoms with Gasteiger partial charge in [-0.2, -0.15) is 0 Å². The van der Waals surface area contributed by atoms with Crippen LogP contribution in [0.25, 0.3) is 89.7 Å². The van der Waals surface area contributed by atoms with Crippen LogP contribution in [0.5, 0.6) is 0 Å². The van der Waals surface area contributed by atoms with E-state index < -0.39 is 0 Å². The Morgan fingerprint density at radius 3 is 0.806 bits per heavy atom. The number of aromatic amines is 2. The molecule has 0 atom stereocenters. The van der Waals surface area contributed by atoms with Gasteiger partial charge in [0.2, 0.25) is 0 Å². The third-order valence-corrected chi connectivity index (χ3v) is 14.9. The molecule has 0 saturated carbocycles. The Kier molecular flexibility index (Phi) is 11.3. The lowest BCUT2D eigenvalue weighted by atomic mass is 9.77. The van der Waals surface area contributed by atoms with Gasteiger partial charge < -0.3 is 9.97 Å². The standard InChI is InChI=1S/C64H82N8/c1-57(2,3)33-25-37-45(41(29-33)61(13,14)15)53-67-49(37)65-50-38-26-34(58(4,5)6)30-42(62(16,17)18)46(38)55(68-50)72-56-48-40(28-36(60(10,11)12)32-44(48)64(22,23)24)52(70-56)66-51-39-27-35(59(7,8)9)31-43(63(19,20)21)47(39)54(69-51)71-53/h25-32H,1-24H3,(H2,65,66,67,68,69,70,71,72). The van der Waals surface area contributed by atoms with Crippen molar-refractivity contribution in [2.24, 2.45) is 0 Å². The van der Waals surface area contributed by atoms with E-state index in [1.807, 2.05) is 0 Å². The molecule has 8 nitrogen and oxygen atoms in total. The minimum absolute atomic E-state index is 0.140. The lowest BCUT2D eigenvalue weighted by molar-refractivity contribution is 0.569. The minimum Gasteiger partial charge on any atom is -0.324 e. The largest absolute Gasteiger partial charge is 0.324 e. The molecule has 8 heteroatoms. The molecule has 2 aliphatic heterocycles. The van der Waals surface area contributed by atoms with Crippen molar-refractivity contribution >= 4 is 44.1 Å².